The first-order valence-electron chi connectivity index (χ1n) is 6.54. The lowest BCUT2D eigenvalue weighted by atomic mass is 10.1. The van der Waals surface area contributed by atoms with Gasteiger partial charge in [0.25, 0.3) is 0 Å². The minimum absolute atomic E-state index is 0.271. The van der Waals surface area contributed by atoms with Gasteiger partial charge in [-0.1, -0.05) is 13.8 Å². The van der Waals surface area contributed by atoms with E-state index >= 15 is 0 Å². The highest BCUT2D eigenvalue weighted by Crippen LogP contribution is 2.30. The maximum absolute atomic E-state index is 12.0. The van der Waals surface area contributed by atoms with Crippen LogP contribution in [0.5, 0.6) is 0 Å². The summed E-state index contributed by atoms with van der Waals surface area (Å²) in [5.74, 6) is -1.04. The topological polar surface area (TPSA) is 57.7 Å². The number of carbonyl (C=O) groups is 1. The van der Waals surface area contributed by atoms with Crippen molar-refractivity contribution in [3.05, 3.63) is 29.6 Å². The third kappa shape index (κ3) is 2.93. The first kappa shape index (κ1) is 14.0. The number of pyridine rings is 1. The summed E-state index contributed by atoms with van der Waals surface area (Å²) in [7, 11) is 0. The SMILES string of the molecule is CCC1(CC)OCC(OC(=O)c2cccnc2C)O1. The Morgan fingerprint density at radius 3 is 2.84 bits per heavy atom. The molecule has 5 heteroatoms. The summed E-state index contributed by atoms with van der Waals surface area (Å²) >= 11 is 0. The molecule has 0 bridgehead atoms. The van der Waals surface area contributed by atoms with Gasteiger partial charge in [0.1, 0.15) is 6.61 Å². The third-order valence-corrected chi connectivity index (χ3v) is 3.37. The normalized spacial score (nSPS) is 21.3. The zero-order chi connectivity index (χ0) is 13.9. The molecule has 0 amide bonds. The molecule has 2 heterocycles. The van der Waals surface area contributed by atoms with Crippen LogP contribution in [0.3, 0.4) is 0 Å². The highest BCUT2D eigenvalue weighted by molar-refractivity contribution is 5.90. The summed E-state index contributed by atoms with van der Waals surface area (Å²) in [6.07, 6.45) is 2.44. The highest BCUT2D eigenvalue weighted by Gasteiger charge is 2.40. The summed E-state index contributed by atoms with van der Waals surface area (Å²) < 4.78 is 16.6. The molecule has 1 aromatic rings. The monoisotopic (exact) mass is 265 g/mol. The molecule has 1 saturated heterocycles. The molecule has 1 aliphatic rings. The first-order valence-corrected chi connectivity index (χ1v) is 6.54. The second-order valence-corrected chi connectivity index (χ2v) is 4.52. The average molecular weight is 265 g/mol. The van der Waals surface area contributed by atoms with E-state index in [1.54, 1.807) is 25.3 Å². The van der Waals surface area contributed by atoms with E-state index in [9.17, 15) is 4.79 Å². The van der Waals surface area contributed by atoms with Gasteiger partial charge in [-0.3, -0.25) is 4.98 Å². The van der Waals surface area contributed by atoms with Gasteiger partial charge < -0.3 is 14.2 Å². The van der Waals surface area contributed by atoms with Crippen LogP contribution in [0.15, 0.2) is 18.3 Å². The molecular formula is C14H19NO4. The molecule has 0 aromatic carbocycles. The molecule has 1 atom stereocenters. The lowest BCUT2D eigenvalue weighted by molar-refractivity contribution is -0.201. The molecule has 1 aliphatic heterocycles. The molecule has 0 radical (unpaired) electrons. The van der Waals surface area contributed by atoms with Crippen molar-refractivity contribution in [1.82, 2.24) is 4.98 Å². The molecule has 2 rings (SSSR count). The lowest BCUT2D eigenvalue weighted by Crippen LogP contribution is -2.30. The van der Waals surface area contributed by atoms with Crippen molar-refractivity contribution < 1.29 is 19.0 Å². The van der Waals surface area contributed by atoms with E-state index in [1.165, 1.54) is 0 Å². The average Bonchev–Trinajstić information content (AvgIpc) is 2.83. The number of nitrogens with zero attached hydrogens (tertiary/aromatic N) is 1. The van der Waals surface area contributed by atoms with Crippen molar-refractivity contribution in [2.24, 2.45) is 0 Å². The van der Waals surface area contributed by atoms with E-state index in [0.717, 1.165) is 12.8 Å². The number of aryl methyl sites for hydroxylation is 1. The molecule has 0 aliphatic carbocycles. The van der Waals surface area contributed by atoms with Crippen LogP contribution in [0.2, 0.25) is 0 Å². The van der Waals surface area contributed by atoms with Crippen LogP contribution >= 0.6 is 0 Å². The lowest BCUT2D eigenvalue weighted by Gasteiger charge is -2.24. The Labute approximate surface area is 112 Å². The predicted octanol–water partition coefficient (Wildman–Crippen LogP) is 2.44. The predicted molar refractivity (Wildman–Crippen MR) is 68.5 cm³/mol. The Kier molecular flexibility index (Phi) is 4.17. The van der Waals surface area contributed by atoms with Gasteiger partial charge in [0.2, 0.25) is 6.29 Å². The molecule has 1 fully saturated rings. The Balaban J connectivity index is 2.00. The summed E-state index contributed by atoms with van der Waals surface area (Å²) in [6, 6.07) is 3.39. The van der Waals surface area contributed by atoms with Crippen molar-refractivity contribution >= 4 is 5.97 Å². The van der Waals surface area contributed by atoms with Gasteiger partial charge in [0.05, 0.1) is 11.3 Å². The van der Waals surface area contributed by atoms with Crippen molar-refractivity contribution in [3.8, 4) is 0 Å². The van der Waals surface area contributed by atoms with Gasteiger partial charge in [0.15, 0.2) is 5.79 Å². The fourth-order valence-corrected chi connectivity index (χ4v) is 2.09. The zero-order valence-corrected chi connectivity index (χ0v) is 11.5. The van der Waals surface area contributed by atoms with Crippen LogP contribution in [0.1, 0.15) is 42.7 Å². The van der Waals surface area contributed by atoms with Gasteiger partial charge in [-0.2, -0.15) is 0 Å². The zero-order valence-electron chi connectivity index (χ0n) is 11.5. The van der Waals surface area contributed by atoms with E-state index in [-0.39, 0.29) is 6.61 Å². The summed E-state index contributed by atoms with van der Waals surface area (Å²) in [6.45, 7) is 6.01. The standard InChI is InChI=1S/C14H19NO4/c1-4-14(5-2)17-9-12(19-14)18-13(16)11-7-6-8-15-10(11)3/h6-8,12H,4-5,9H2,1-3H3. The van der Waals surface area contributed by atoms with Crippen molar-refractivity contribution in [2.75, 3.05) is 6.61 Å². The second kappa shape index (κ2) is 5.67. The summed E-state index contributed by atoms with van der Waals surface area (Å²) in [4.78, 5) is 16.1. The minimum atomic E-state index is -0.646. The van der Waals surface area contributed by atoms with E-state index in [4.69, 9.17) is 14.2 Å². The smallest absolute Gasteiger partial charge is 0.342 e. The van der Waals surface area contributed by atoms with Crippen LogP contribution in [0.25, 0.3) is 0 Å². The number of rotatable bonds is 4. The Bertz CT molecular complexity index is 457. The fourth-order valence-electron chi connectivity index (χ4n) is 2.09. The largest absolute Gasteiger partial charge is 0.429 e. The quantitative estimate of drug-likeness (QED) is 0.782. The fraction of sp³-hybridized carbons (Fsp3) is 0.571. The van der Waals surface area contributed by atoms with Gasteiger partial charge in [0, 0.05) is 6.20 Å². The molecule has 19 heavy (non-hydrogen) atoms. The van der Waals surface area contributed by atoms with Gasteiger partial charge >= 0.3 is 5.97 Å². The number of ether oxygens (including phenoxy) is 3. The molecule has 0 spiro atoms. The maximum Gasteiger partial charge on any atom is 0.342 e. The molecule has 5 nitrogen and oxygen atoms in total. The minimum Gasteiger partial charge on any atom is -0.429 e. The van der Waals surface area contributed by atoms with E-state index < -0.39 is 18.0 Å². The number of hydrogen-bond donors (Lipinski definition) is 0. The van der Waals surface area contributed by atoms with Crippen molar-refractivity contribution in [2.45, 2.75) is 45.7 Å². The Hall–Kier alpha value is -1.46. The Morgan fingerprint density at radius 1 is 1.53 bits per heavy atom. The van der Waals surface area contributed by atoms with Crippen LogP contribution in [-0.4, -0.2) is 29.6 Å². The van der Waals surface area contributed by atoms with Crippen LogP contribution in [0, 0.1) is 6.92 Å². The van der Waals surface area contributed by atoms with Crippen LogP contribution in [-0.2, 0) is 14.2 Å². The molecule has 0 N–H and O–H groups in total. The molecule has 0 saturated carbocycles. The number of aromatic nitrogens is 1. The molecule has 1 aromatic heterocycles. The van der Waals surface area contributed by atoms with Gasteiger partial charge in [-0.15, -0.1) is 0 Å². The molecule has 1 unspecified atom stereocenters. The maximum atomic E-state index is 12.0. The number of carbonyl (C=O) groups excluding carboxylic acids is 1. The second-order valence-electron chi connectivity index (χ2n) is 4.52. The van der Waals surface area contributed by atoms with Crippen LogP contribution in [0.4, 0.5) is 0 Å². The summed E-state index contributed by atoms with van der Waals surface area (Å²) in [5, 5.41) is 0. The van der Waals surface area contributed by atoms with Gasteiger partial charge in [-0.05, 0) is 31.9 Å². The van der Waals surface area contributed by atoms with E-state index in [2.05, 4.69) is 4.98 Å². The summed E-state index contributed by atoms with van der Waals surface area (Å²) in [5.41, 5.74) is 1.10. The first-order chi connectivity index (χ1) is 9.10. The van der Waals surface area contributed by atoms with E-state index in [1.807, 2.05) is 13.8 Å². The van der Waals surface area contributed by atoms with Crippen molar-refractivity contribution in [1.29, 1.82) is 0 Å². The van der Waals surface area contributed by atoms with Gasteiger partial charge in [-0.25, -0.2) is 4.79 Å². The van der Waals surface area contributed by atoms with Crippen LogP contribution < -0.4 is 0 Å². The third-order valence-electron chi connectivity index (χ3n) is 3.37. The highest BCUT2D eigenvalue weighted by atomic mass is 16.8. The van der Waals surface area contributed by atoms with E-state index in [0.29, 0.717) is 11.3 Å². The Morgan fingerprint density at radius 2 is 2.26 bits per heavy atom. The number of hydrogen-bond acceptors (Lipinski definition) is 5. The molecule has 104 valence electrons. The van der Waals surface area contributed by atoms with Crippen molar-refractivity contribution in [3.63, 3.8) is 0 Å². The molecular weight excluding hydrogens is 246 g/mol. The number of esters is 1.